The van der Waals surface area contributed by atoms with Crippen molar-refractivity contribution in [1.82, 2.24) is 16.2 Å². The molecule has 0 bridgehead atoms. The number of carbonyl (C=O) groups is 1. The predicted molar refractivity (Wildman–Crippen MR) is 99.4 cm³/mol. The first-order valence-corrected chi connectivity index (χ1v) is 8.98. The van der Waals surface area contributed by atoms with Gasteiger partial charge in [-0.25, -0.2) is 10.9 Å². The Morgan fingerprint density at radius 3 is 2.78 bits per heavy atom. The molecule has 142 valence electrons. The van der Waals surface area contributed by atoms with Crippen LogP contribution >= 0.6 is 0 Å². The van der Waals surface area contributed by atoms with E-state index < -0.39 is 0 Å². The van der Waals surface area contributed by atoms with E-state index in [2.05, 4.69) is 16.2 Å². The number of benzene rings is 2. The molecular formula is C20H23N3O4. The van der Waals surface area contributed by atoms with Gasteiger partial charge in [0.05, 0.1) is 6.04 Å². The number of aromatic hydroxyl groups is 1. The zero-order valence-electron chi connectivity index (χ0n) is 15.3. The summed E-state index contributed by atoms with van der Waals surface area (Å²) in [4.78, 5) is 12.5. The number of hydrazine groups is 1. The first-order chi connectivity index (χ1) is 13.0. The SMILES string of the molecule is Cc1cc(O)c(C2CC(C(=O)NCc3ccc4c(c3)OCO4)NN2)cc1C. The van der Waals surface area contributed by atoms with Crippen LogP contribution in [0.5, 0.6) is 17.2 Å². The van der Waals surface area contributed by atoms with Gasteiger partial charge in [-0.2, -0.15) is 0 Å². The number of amides is 1. The molecule has 4 rings (SSSR count). The first-order valence-electron chi connectivity index (χ1n) is 8.98. The van der Waals surface area contributed by atoms with E-state index >= 15 is 0 Å². The molecule has 0 saturated carbocycles. The average Bonchev–Trinajstić information content (AvgIpc) is 3.31. The third-order valence-corrected chi connectivity index (χ3v) is 5.14. The lowest BCUT2D eigenvalue weighted by molar-refractivity contribution is -0.123. The summed E-state index contributed by atoms with van der Waals surface area (Å²) in [5.74, 6) is 1.58. The highest BCUT2D eigenvalue weighted by Crippen LogP contribution is 2.33. The maximum Gasteiger partial charge on any atom is 0.238 e. The Morgan fingerprint density at radius 2 is 1.93 bits per heavy atom. The van der Waals surface area contributed by atoms with Gasteiger partial charge in [-0.1, -0.05) is 12.1 Å². The van der Waals surface area contributed by atoms with Crippen molar-refractivity contribution in [3.63, 3.8) is 0 Å². The van der Waals surface area contributed by atoms with Crippen LogP contribution in [0.2, 0.25) is 0 Å². The summed E-state index contributed by atoms with van der Waals surface area (Å²) in [5, 5.41) is 13.2. The van der Waals surface area contributed by atoms with Crippen LogP contribution in [0.3, 0.4) is 0 Å². The second-order valence-electron chi connectivity index (χ2n) is 7.03. The molecule has 2 unspecified atom stereocenters. The number of fused-ring (bicyclic) bond motifs is 1. The number of ether oxygens (including phenoxy) is 2. The molecule has 2 aromatic carbocycles. The molecule has 7 nitrogen and oxygen atoms in total. The molecule has 27 heavy (non-hydrogen) atoms. The highest BCUT2D eigenvalue weighted by Gasteiger charge is 2.31. The highest BCUT2D eigenvalue weighted by molar-refractivity contribution is 5.82. The van der Waals surface area contributed by atoms with Crippen LogP contribution in [0, 0.1) is 13.8 Å². The molecule has 2 aromatic rings. The molecule has 0 aromatic heterocycles. The van der Waals surface area contributed by atoms with Crippen molar-refractivity contribution in [3.05, 3.63) is 52.6 Å². The fraction of sp³-hybridized carbons (Fsp3) is 0.350. The topological polar surface area (TPSA) is 91.9 Å². The third-order valence-electron chi connectivity index (χ3n) is 5.14. The second-order valence-corrected chi connectivity index (χ2v) is 7.03. The summed E-state index contributed by atoms with van der Waals surface area (Å²) >= 11 is 0. The minimum Gasteiger partial charge on any atom is -0.508 e. The van der Waals surface area contributed by atoms with Crippen molar-refractivity contribution in [2.45, 2.75) is 38.9 Å². The van der Waals surface area contributed by atoms with E-state index in [9.17, 15) is 9.90 Å². The van der Waals surface area contributed by atoms with E-state index in [0.717, 1.165) is 28.0 Å². The maximum atomic E-state index is 12.5. The van der Waals surface area contributed by atoms with Crippen molar-refractivity contribution in [2.24, 2.45) is 0 Å². The fourth-order valence-electron chi connectivity index (χ4n) is 3.40. The molecule has 0 aliphatic carbocycles. The van der Waals surface area contributed by atoms with E-state index in [1.54, 1.807) is 6.07 Å². The minimum absolute atomic E-state index is 0.0917. The molecule has 0 radical (unpaired) electrons. The van der Waals surface area contributed by atoms with Crippen LogP contribution in [0.1, 0.15) is 34.7 Å². The number of nitrogens with one attached hydrogen (secondary N) is 3. The molecular weight excluding hydrogens is 346 g/mol. The van der Waals surface area contributed by atoms with Crippen molar-refractivity contribution >= 4 is 5.91 Å². The van der Waals surface area contributed by atoms with Gasteiger partial charge < -0.3 is 19.9 Å². The van der Waals surface area contributed by atoms with E-state index in [-0.39, 0.29) is 30.5 Å². The van der Waals surface area contributed by atoms with Crippen molar-refractivity contribution in [3.8, 4) is 17.2 Å². The lowest BCUT2D eigenvalue weighted by Crippen LogP contribution is -2.42. The Morgan fingerprint density at radius 1 is 1.15 bits per heavy atom. The van der Waals surface area contributed by atoms with Crippen LogP contribution in [0.25, 0.3) is 0 Å². The normalized spacial score (nSPS) is 20.7. The largest absolute Gasteiger partial charge is 0.508 e. The Hall–Kier alpha value is -2.77. The van der Waals surface area contributed by atoms with E-state index in [1.165, 1.54) is 0 Å². The molecule has 1 saturated heterocycles. The number of hydrogen-bond acceptors (Lipinski definition) is 6. The van der Waals surface area contributed by atoms with Crippen LogP contribution in [0.15, 0.2) is 30.3 Å². The fourth-order valence-corrected chi connectivity index (χ4v) is 3.40. The van der Waals surface area contributed by atoms with E-state index in [4.69, 9.17) is 9.47 Å². The van der Waals surface area contributed by atoms with Crippen LogP contribution < -0.4 is 25.6 Å². The Bertz CT molecular complexity index is 884. The molecule has 1 amide bonds. The van der Waals surface area contributed by atoms with Gasteiger partial charge in [0.25, 0.3) is 0 Å². The standard InChI is InChI=1S/C20H23N3O4/c1-11-5-14(17(24)6-12(11)2)15-8-16(23-22-15)20(25)21-9-13-3-4-18-19(7-13)27-10-26-18/h3-7,15-16,22-24H,8-10H2,1-2H3,(H,21,25). The summed E-state index contributed by atoms with van der Waals surface area (Å²) in [6, 6.07) is 8.87. The first kappa shape index (κ1) is 17.6. The zero-order chi connectivity index (χ0) is 19.0. The molecule has 4 N–H and O–H groups in total. The summed E-state index contributed by atoms with van der Waals surface area (Å²) in [5.41, 5.74) is 10.0. The molecule has 1 fully saturated rings. The highest BCUT2D eigenvalue weighted by atomic mass is 16.7. The number of hydrogen-bond donors (Lipinski definition) is 4. The van der Waals surface area contributed by atoms with Crippen molar-refractivity contribution < 1.29 is 19.4 Å². The smallest absolute Gasteiger partial charge is 0.238 e. The number of carbonyl (C=O) groups excluding carboxylic acids is 1. The van der Waals surface area contributed by atoms with E-state index in [0.29, 0.717) is 18.7 Å². The quantitative estimate of drug-likeness (QED) is 0.659. The Labute approximate surface area is 157 Å². The maximum absolute atomic E-state index is 12.5. The third kappa shape index (κ3) is 3.56. The van der Waals surface area contributed by atoms with Gasteiger partial charge in [-0.3, -0.25) is 4.79 Å². The lowest BCUT2D eigenvalue weighted by Gasteiger charge is -2.14. The lowest BCUT2D eigenvalue weighted by atomic mass is 9.97. The van der Waals surface area contributed by atoms with Gasteiger partial charge in [0.2, 0.25) is 12.7 Å². The van der Waals surface area contributed by atoms with Gasteiger partial charge in [-0.05, 0) is 55.2 Å². The average molecular weight is 369 g/mol. The van der Waals surface area contributed by atoms with Gasteiger partial charge in [0.15, 0.2) is 11.5 Å². The monoisotopic (exact) mass is 369 g/mol. The summed E-state index contributed by atoms with van der Waals surface area (Å²) < 4.78 is 10.6. The van der Waals surface area contributed by atoms with Crippen LogP contribution in [0.4, 0.5) is 0 Å². The number of phenols is 1. The van der Waals surface area contributed by atoms with Crippen molar-refractivity contribution in [1.29, 1.82) is 0 Å². The van der Waals surface area contributed by atoms with Crippen LogP contribution in [-0.2, 0) is 11.3 Å². The Kier molecular flexibility index (Phi) is 4.63. The van der Waals surface area contributed by atoms with Crippen molar-refractivity contribution in [2.75, 3.05) is 6.79 Å². The summed E-state index contributed by atoms with van der Waals surface area (Å²) in [7, 11) is 0. The number of phenolic OH excluding ortho intramolecular Hbond substituents is 1. The zero-order valence-corrected chi connectivity index (χ0v) is 15.3. The molecule has 2 atom stereocenters. The summed E-state index contributed by atoms with van der Waals surface area (Å²) in [6.45, 7) is 4.62. The molecule has 2 heterocycles. The number of aryl methyl sites for hydroxylation is 2. The van der Waals surface area contributed by atoms with Crippen LogP contribution in [-0.4, -0.2) is 23.8 Å². The predicted octanol–water partition coefficient (Wildman–Crippen LogP) is 1.96. The minimum atomic E-state index is -0.370. The molecule has 2 aliphatic rings. The van der Waals surface area contributed by atoms with Gasteiger partial charge >= 0.3 is 0 Å². The van der Waals surface area contributed by atoms with Gasteiger partial charge in [-0.15, -0.1) is 0 Å². The second kappa shape index (κ2) is 7.09. The van der Waals surface area contributed by atoms with E-state index in [1.807, 2.05) is 38.1 Å². The van der Waals surface area contributed by atoms with Gasteiger partial charge in [0, 0.05) is 12.1 Å². The Balaban J connectivity index is 1.36. The molecule has 0 spiro atoms. The molecule has 2 aliphatic heterocycles. The number of rotatable bonds is 4. The summed E-state index contributed by atoms with van der Waals surface area (Å²) in [6.07, 6.45) is 0.559. The molecule has 7 heteroatoms. The van der Waals surface area contributed by atoms with Gasteiger partial charge in [0.1, 0.15) is 11.8 Å².